The summed E-state index contributed by atoms with van der Waals surface area (Å²) in [5, 5.41) is 7.17. The van der Waals surface area contributed by atoms with Gasteiger partial charge in [0, 0.05) is 0 Å². The van der Waals surface area contributed by atoms with Gasteiger partial charge in [-0.3, -0.25) is 0 Å². The Hall–Kier alpha value is -0.900. The van der Waals surface area contributed by atoms with Crippen molar-refractivity contribution >= 4 is 0 Å². The monoisotopic (exact) mass is 153 g/mol. The third-order valence-electron chi connectivity index (χ3n) is 2.22. The molecular weight excluding hydrogens is 142 g/mol. The van der Waals surface area contributed by atoms with E-state index in [2.05, 4.69) is 22.4 Å². The number of nitrogens with one attached hydrogen (secondary N) is 1. The summed E-state index contributed by atoms with van der Waals surface area (Å²) in [7, 11) is 0. The van der Waals surface area contributed by atoms with E-state index < -0.39 is 0 Å². The zero-order valence-electron chi connectivity index (χ0n) is 6.50. The van der Waals surface area contributed by atoms with Crippen molar-refractivity contribution in [2.75, 3.05) is 6.54 Å². The van der Waals surface area contributed by atoms with Crippen LogP contribution in [0, 0.1) is 0 Å². The summed E-state index contributed by atoms with van der Waals surface area (Å²) in [6.07, 6.45) is 3.65. The molecule has 0 saturated carbocycles. The van der Waals surface area contributed by atoms with Gasteiger partial charge < -0.3 is 9.84 Å². The molecule has 1 aromatic rings. The zero-order chi connectivity index (χ0) is 7.73. The molecule has 0 bridgehead atoms. The molecule has 1 aliphatic heterocycles. The van der Waals surface area contributed by atoms with E-state index in [0.29, 0.717) is 0 Å². The van der Waals surface area contributed by atoms with Crippen LogP contribution in [-0.4, -0.2) is 16.7 Å². The summed E-state index contributed by atoms with van der Waals surface area (Å²) in [5.74, 6) is 0.773. The Bertz CT molecular complexity index is 226. The predicted octanol–water partition coefficient (Wildman–Crippen LogP) is 0.668. The molecule has 4 heteroatoms. The van der Waals surface area contributed by atoms with Crippen LogP contribution in [0.5, 0.6) is 0 Å². The summed E-state index contributed by atoms with van der Waals surface area (Å²) < 4.78 is 4.69. The second-order valence-corrected chi connectivity index (χ2v) is 3.12. The minimum atomic E-state index is -0.0486. The zero-order valence-corrected chi connectivity index (χ0v) is 6.50. The average molecular weight is 153 g/mol. The van der Waals surface area contributed by atoms with Crippen LogP contribution in [0.3, 0.4) is 0 Å². The number of aromatic nitrogens is 2. The van der Waals surface area contributed by atoms with Gasteiger partial charge in [0.05, 0.1) is 5.54 Å². The van der Waals surface area contributed by atoms with Crippen molar-refractivity contribution in [2.45, 2.75) is 25.3 Å². The summed E-state index contributed by atoms with van der Waals surface area (Å²) in [4.78, 5) is 4.03. The topological polar surface area (TPSA) is 51.0 Å². The normalized spacial score (nSPS) is 31.0. The molecule has 0 aromatic carbocycles. The van der Waals surface area contributed by atoms with Gasteiger partial charge in [-0.05, 0) is 26.3 Å². The first-order valence-electron chi connectivity index (χ1n) is 3.83. The van der Waals surface area contributed by atoms with Crippen molar-refractivity contribution in [3.63, 3.8) is 0 Å². The quantitative estimate of drug-likeness (QED) is 0.644. The highest BCUT2D eigenvalue weighted by Gasteiger charge is 2.33. The molecule has 1 fully saturated rings. The first-order chi connectivity index (χ1) is 5.31. The van der Waals surface area contributed by atoms with Crippen LogP contribution in [-0.2, 0) is 5.54 Å². The van der Waals surface area contributed by atoms with Gasteiger partial charge in [-0.1, -0.05) is 5.16 Å². The Labute approximate surface area is 65.0 Å². The minimum absolute atomic E-state index is 0.0486. The summed E-state index contributed by atoms with van der Waals surface area (Å²) in [6, 6.07) is 0. The van der Waals surface area contributed by atoms with E-state index in [-0.39, 0.29) is 5.54 Å². The maximum atomic E-state index is 4.69. The maximum Gasteiger partial charge on any atom is 0.213 e. The smallest absolute Gasteiger partial charge is 0.213 e. The SMILES string of the molecule is CC1(c2ncon2)CCCN1. The van der Waals surface area contributed by atoms with Gasteiger partial charge in [0.15, 0.2) is 5.82 Å². The van der Waals surface area contributed by atoms with Crippen LogP contribution in [0.25, 0.3) is 0 Å². The van der Waals surface area contributed by atoms with Gasteiger partial charge in [-0.15, -0.1) is 0 Å². The highest BCUT2D eigenvalue weighted by Crippen LogP contribution is 2.26. The second kappa shape index (κ2) is 2.30. The van der Waals surface area contributed by atoms with Gasteiger partial charge in [0.2, 0.25) is 6.39 Å². The molecule has 1 unspecified atom stereocenters. The van der Waals surface area contributed by atoms with Crippen LogP contribution >= 0.6 is 0 Å². The number of hydrogen-bond donors (Lipinski definition) is 1. The lowest BCUT2D eigenvalue weighted by Gasteiger charge is -2.18. The molecule has 1 aromatic heterocycles. The van der Waals surface area contributed by atoms with Gasteiger partial charge in [0.25, 0.3) is 0 Å². The molecule has 1 aliphatic rings. The summed E-state index contributed by atoms with van der Waals surface area (Å²) in [6.45, 7) is 3.15. The Morgan fingerprint density at radius 3 is 3.18 bits per heavy atom. The number of rotatable bonds is 1. The van der Waals surface area contributed by atoms with Crippen LogP contribution in [0.15, 0.2) is 10.9 Å². The fourth-order valence-electron chi connectivity index (χ4n) is 1.50. The maximum absolute atomic E-state index is 4.69. The average Bonchev–Trinajstić information content (AvgIpc) is 2.55. The lowest BCUT2D eigenvalue weighted by atomic mass is 10.00. The van der Waals surface area contributed by atoms with Crippen molar-refractivity contribution in [3.8, 4) is 0 Å². The fraction of sp³-hybridized carbons (Fsp3) is 0.714. The Kier molecular flexibility index (Phi) is 1.42. The molecule has 60 valence electrons. The first-order valence-corrected chi connectivity index (χ1v) is 3.83. The van der Waals surface area contributed by atoms with Crippen molar-refractivity contribution in [2.24, 2.45) is 0 Å². The largest absolute Gasteiger partial charge is 0.343 e. The van der Waals surface area contributed by atoms with Gasteiger partial charge in [-0.25, -0.2) is 0 Å². The number of nitrogens with zero attached hydrogens (tertiary/aromatic N) is 2. The van der Waals surface area contributed by atoms with Crippen LogP contribution in [0.2, 0.25) is 0 Å². The number of hydrogen-bond acceptors (Lipinski definition) is 4. The molecule has 2 rings (SSSR count). The predicted molar refractivity (Wildman–Crippen MR) is 38.9 cm³/mol. The first kappa shape index (κ1) is 6.79. The highest BCUT2D eigenvalue weighted by molar-refractivity contribution is 5.03. The van der Waals surface area contributed by atoms with E-state index in [1.165, 1.54) is 12.8 Å². The van der Waals surface area contributed by atoms with Crippen molar-refractivity contribution < 1.29 is 4.52 Å². The highest BCUT2D eigenvalue weighted by atomic mass is 16.5. The van der Waals surface area contributed by atoms with E-state index in [1.54, 1.807) is 0 Å². The Balaban J connectivity index is 2.27. The molecule has 1 N–H and O–H groups in total. The molecular formula is C7H11N3O. The standard InChI is InChI=1S/C7H11N3O/c1-7(3-2-4-9-7)6-8-5-11-10-6/h5,9H,2-4H2,1H3. The Morgan fingerprint density at radius 1 is 1.73 bits per heavy atom. The molecule has 2 heterocycles. The fourth-order valence-corrected chi connectivity index (χ4v) is 1.50. The van der Waals surface area contributed by atoms with E-state index in [1.807, 2.05) is 0 Å². The summed E-state index contributed by atoms with van der Waals surface area (Å²) >= 11 is 0. The third kappa shape index (κ3) is 1.03. The lowest BCUT2D eigenvalue weighted by Crippen LogP contribution is -2.34. The van der Waals surface area contributed by atoms with Crippen LogP contribution in [0.4, 0.5) is 0 Å². The molecule has 1 saturated heterocycles. The third-order valence-corrected chi connectivity index (χ3v) is 2.22. The minimum Gasteiger partial charge on any atom is -0.343 e. The van der Waals surface area contributed by atoms with Gasteiger partial charge in [0.1, 0.15) is 0 Å². The second-order valence-electron chi connectivity index (χ2n) is 3.12. The molecule has 0 aliphatic carbocycles. The molecule has 1 atom stereocenters. The van der Waals surface area contributed by atoms with Crippen molar-refractivity contribution in [1.29, 1.82) is 0 Å². The lowest BCUT2D eigenvalue weighted by molar-refractivity contribution is 0.357. The van der Waals surface area contributed by atoms with E-state index in [9.17, 15) is 0 Å². The van der Waals surface area contributed by atoms with E-state index in [0.717, 1.165) is 18.8 Å². The molecule has 0 amide bonds. The van der Waals surface area contributed by atoms with Crippen molar-refractivity contribution in [1.82, 2.24) is 15.5 Å². The molecule has 11 heavy (non-hydrogen) atoms. The van der Waals surface area contributed by atoms with Crippen LogP contribution < -0.4 is 5.32 Å². The molecule has 4 nitrogen and oxygen atoms in total. The summed E-state index contributed by atoms with van der Waals surface area (Å²) in [5.41, 5.74) is -0.0486. The van der Waals surface area contributed by atoms with Crippen molar-refractivity contribution in [3.05, 3.63) is 12.2 Å². The molecule has 0 spiro atoms. The van der Waals surface area contributed by atoms with Gasteiger partial charge >= 0.3 is 0 Å². The van der Waals surface area contributed by atoms with E-state index in [4.69, 9.17) is 4.52 Å². The Morgan fingerprint density at radius 2 is 2.64 bits per heavy atom. The van der Waals surface area contributed by atoms with E-state index >= 15 is 0 Å². The van der Waals surface area contributed by atoms with Crippen LogP contribution in [0.1, 0.15) is 25.6 Å². The molecule has 0 radical (unpaired) electrons. The van der Waals surface area contributed by atoms with Gasteiger partial charge in [-0.2, -0.15) is 4.98 Å².